The smallest absolute Gasteiger partial charge is 0.0868 e. The first-order valence-corrected chi connectivity index (χ1v) is 2.37. The van der Waals surface area contributed by atoms with Gasteiger partial charge >= 0.3 is 0 Å². The molecule has 0 aromatic rings. The van der Waals surface area contributed by atoms with E-state index in [0.717, 1.165) is 0 Å². The summed E-state index contributed by atoms with van der Waals surface area (Å²) in [7, 11) is 0. The highest BCUT2D eigenvalue weighted by molar-refractivity contribution is 7.80. The Kier molecular flexibility index (Phi) is 3.87. The van der Waals surface area contributed by atoms with E-state index in [1.54, 1.807) is 0 Å². The number of thiocarbonyl (C=S) groups is 1. The summed E-state index contributed by atoms with van der Waals surface area (Å²) in [4.78, 5) is 0.449. The van der Waals surface area contributed by atoms with Gasteiger partial charge in [0.15, 0.2) is 0 Å². The molecule has 0 radical (unpaired) electrons. The van der Waals surface area contributed by atoms with E-state index < -0.39 is 0 Å². The van der Waals surface area contributed by atoms with Gasteiger partial charge in [-0.15, -0.1) is 0 Å². The zero-order valence-corrected chi connectivity index (χ0v) is 4.79. The molecule has 0 amide bonds. The first-order chi connectivity index (χ1) is 3.27. The number of nitrogens with two attached hydrogens (primary N) is 2. The first-order valence-electron chi connectivity index (χ1n) is 1.96. The molecular formula is C3H9N3S. The Hall–Kier alpha value is -0.190. The van der Waals surface area contributed by atoms with Gasteiger partial charge < -0.3 is 11.5 Å². The van der Waals surface area contributed by atoms with E-state index in [1.807, 2.05) is 0 Å². The summed E-state index contributed by atoms with van der Waals surface area (Å²) in [6.45, 7) is 0.961. The van der Waals surface area contributed by atoms with Crippen LogP contribution in [-0.4, -0.2) is 18.2 Å². The van der Waals surface area contributed by atoms with Gasteiger partial charge in [-0.25, -0.2) is 0 Å². The molecule has 0 heterocycles. The number of hydrogen-bond donors (Lipinski definition) is 3. The van der Waals surface area contributed by atoms with Gasteiger partial charge in [-0.2, -0.15) is 0 Å². The molecule has 0 aliphatic rings. The second kappa shape index (κ2) is 3.98. The molecule has 0 aromatic heterocycles. The van der Waals surface area contributed by atoms with Crippen molar-refractivity contribution in [2.24, 2.45) is 11.5 Å². The third-order valence-corrected chi connectivity index (χ3v) is 0.588. The van der Waals surface area contributed by atoms with Gasteiger partial charge in [0.2, 0.25) is 0 Å². The topological polar surface area (TPSA) is 64.1 Å². The van der Waals surface area contributed by atoms with Crippen LogP contribution in [0.3, 0.4) is 0 Å². The normalized spacial score (nSPS) is 8.71. The number of rotatable bonds is 3. The standard InChI is InChI=1S/C3H9N3S/c4-2-6-1-3(5)7/h6H,1-2,4H2,(H2,5,7). The van der Waals surface area contributed by atoms with E-state index in [1.165, 1.54) is 0 Å². The Morgan fingerprint density at radius 1 is 1.71 bits per heavy atom. The maximum atomic E-state index is 5.09. The maximum absolute atomic E-state index is 5.09. The average Bonchev–Trinajstić information content (AvgIpc) is 1.61. The molecule has 0 fully saturated rings. The lowest BCUT2D eigenvalue weighted by atomic mass is 10.6. The predicted molar refractivity (Wildman–Crippen MR) is 33.8 cm³/mol. The minimum absolute atomic E-state index is 0.428. The highest BCUT2D eigenvalue weighted by Crippen LogP contribution is 1.56. The summed E-state index contributed by atoms with van der Waals surface area (Å²) in [5.74, 6) is 0. The third kappa shape index (κ3) is 5.81. The summed E-state index contributed by atoms with van der Waals surface area (Å²) < 4.78 is 0. The SMILES string of the molecule is NCNCC(N)=S. The van der Waals surface area contributed by atoms with E-state index in [-0.39, 0.29) is 0 Å². The highest BCUT2D eigenvalue weighted by atomic mass is 32.1. The Balaban J connectivity index is 2.82. The van der Waals surface area contributed by atoms with Crippen LogP contribution in [0.25, 0.3) is 0 Å². The predicted octanol–water partition coefficient (Wildman–Crippen LogP) is -1.22. The molecule has 0 saturated heterocycles. The van der Waals surface area contributed by atoms with Crippen LogP contribution in [0.4, 0.5) is 0 Å². The first kappa shape index (κ1) is 6.81. The van der Waals surface area contributed by atoms with E-state index in [4.69, 9.17) is 11.5 Å². The fourth-order valence-electron chi connectivity index (χ4n) is 0.195. The Morgan fingerprint density at radius 2 is 2.29 bits per heavy atom. The lowest BCUT2D eigenvalue weighted by Crippen LogP contribution is -2.31. The van der Waals surface area contributed by atoms with Crippen LogP contribution in [-0.2, 0) is 0 Å². The monoisotopic (exact) mass is 119 g/mol. The summed E-state index contributed by atoms with van der Waals surface area (Å²) in [6.07, 6.45) is 0. The molecule has 0 aliphatic carbocycles. The summed E-state index contributed by atoms with van der Waals surface area (Å²) in [5, 5.41) is 2.76. The Morgan fingerprint density at radius 3 is 2.43 bits per heavy atom. The lowest BCUT2D eigenvalue weighted by Gasteiger charge is -1.94. The van der Waals surface area contributed by atoms with Gasteiger partial charge in [-0.3, -0.25) is 5.32 Å². The van der Waals surface area contributed by atoms with Gasteiger partial charge in [0.1, 0.15) is 0 Å². The average molecular weight is 119 g/mol. The van der Waals surface area contributed by atoms with Crippen LogP contribution in [0.5, 0.6) is 0 Å². The molecule has 0 atom stereocenters. The molecule has 5 N–H and O–H groups in total. The molecule has 0 saturated carbocycles. The van der Waals surface area contributed by atoms with Gasteiger partial charge in [-0.05, 0) is 0 Å². The van der Waals surface area contributed by atoms with Crippen molar-refractivity contribution in [2.45, 2.75) is 0 Å². The molecule has 3 nitrogen and oxygen atoms in total. The fourth-order valence-corrected chi connectivity index (χ4v) is 0.297. The number of nitrogens with one attached hydrogen (secondary N) is 1. The zero-order valence-electron chi connectivity index (χ0n) is 3.98. The molecular weight excluding hydrogens is 110 g/mol. The quantitative estimate of drug-likeness (QED) is 0.322. The van der Waals surface area contributed by atoms with Gasteiger partial charge in [0.05, 0.1) is 4.99 Å². The zero-order chi connectivity index (χ0) is 5.70. The van der Waals surface area contributed by atoms with Crippen LogP contribution in [0.15, 0.2) is 0 Å². The summed E-state index contributed by atoms with van der Waals surface area (Å²) in [5.41, 5.74) is 10.1. The fraction of sp³-hybridized carbons (Fsp3) is 0.667. The molecule has 0 unspecified atom stereocenters. The van der Waals surface area contributed by atoms with Crippen LogP contribution in [0.1, 0.15) is 0 Å². The van der Waals surface area contributed by atoms with E-state index in [0.29, 0.717) is 18.2 Å². The van der Waals surface area contributed by atoms with Crippen molar-refractivity contribution in [3.05, 3.63) is 0 Å². The maximum Gasteiger partial charge on any atom is 0.0868 e. The molecule has 0 aromatic carbocycles. The van der Waals surface area contributed by atoms with E-state index in [2.05, 4.69) is 17.5 Å². The van der Waals surface area contributed by atoms with Crippen LogP contribution in [0, 0.1) is 0 Å². The summed E-state index contributed by atoms with van der Waals surface area (Å²) in [6, 6.07) is 0. The molecule has 7 heavy (non-hydrogen) atoms. The van der Waals surface area contributed by atoms with Crippen LogP contribution < -0.4 is 16.8 Å². The number of hydrogen-bond acceptors (Lipinski definition) is 3. The third-order valence-electron chi connectivity index (χ3n) is 0.444. The minimum atomic E-state index is 0.428. The van der Waals surface area contributed by atoms with Crippen molar-refractivity contribution in [3.8, 4) is 0 Å². The van der Waals surface area contributed by atoms with Crippen molar-refractivity contribution in [1.29, 1.82) is 0 Å². The second-order valence-corrected chi connectivity index (χ2v) is 1.62. The van der Waals surface area contributed by atoms with Crippen molar-refractivity contribution >= 4 is 17.2 Å². The van der Waals surface area contributed by atoms with Crippen molar-refractivity contribution in [1.82, 2.24) is 5.32 Å². The molecule has 0 spiro atoms. The Labute approximate surface area is 48.1 Å². The molecule has 4 heteroatoms. The molecule has 0 rings (SSSR count). The minimum Gasteiger partial charge on any atom is -0.392 e. The second-order valence-electron chi connectivity index (χ2n) is 1.10. The highest BCUT2D eigenvalue weighted by Gasteiger charge is 1.81. The van der Waals surface area contributed by atoms with Crippen molar-refractivity contribution in [2.75, 3.05) is 13.2 Å². The van der Waals surface area contributed by atoms with E-state index >= 15 is 0 Å². The summed E-state index contributed by atoms with van der Waals surface area (Å²) >= 11 is 4.52. The molecule has 0 bridgehead atoms. The van der Waals surface area contributed by atoms with E-state index in [9.17, 15) is 0 Å². The van der Waals surface area contributed by atoms with Gasteiger partial charge in [-0.1, -0.05) is 12.2 Å². The van der Waals surface area contributed by atoms with Crippen molar-refractivity contribution < 1.29 is 0 Å². The molecule has 0 aliphatic heterocycles. The van der Waals surface area contributed by atoms with Crippen LogP contribution in [0.2, 0.25) is 0 Å². The van der Waals surface area contributed by atoms with Gasteiger partial charge in [0.25, 0.3) is 0 Å². The van der Waals surface area contributed by atoms with Crippen molar-refractivity contribution in [3.63, 3.8) is 0 Å². The largest absolute Gasteiger partial charge is 0.392 e. The van der Waals surface area contributed by atoms with Crippen LogP contribution >= 0.6 is 12.2 Å². The van der Waals surface area contributed by atoms with Gasteiger partial charge in [0, 0.05) is 13.2 Å². The molecule has 42 valence electrons. The lowest BCUT2D eigenvalue weighted by molar-refractivity contribution is 0.794. The Bertz CT molecular complexity index is 63.2.